The number of aromatic nitrogens is 2. The SMILES string of the molecule is CCN1CCOC(C(=O)NCc2nc3ccc(F)cc3[nH]2)C1. The smallest absolute Gasteiger partial charge is 0.250 e. The van der Waals surface area contributed by atoms with E-state index in [-0.39, 0.29) is 18.3 Å². The van der Waals surface area contributed by atoms with Crippen molar-refractivity contribution in [2.24, 2.45) is 0 Å². The molecule has 22 heavy (non-hydrogen) atoms. The largest absolute Gasteiger partial charge is 0.366 e. The molecule has 0 bridgehead atoms. The van der Waals surface area contributed by atoms with E-state index in [1.54, 1.807) is 6.07 Å². The zero-order valence-electron chi connectivity index (χ0n) is 12.4. The number of morpholine rings is 1. The summed E-state index contributed by atoms with van der Waals surface area (Å²) in [5.74, 6) is 0.129. The quantitative estimate of drug-likeness (QED) is 0.885. The highest BCUT2D eigenvalue weighted by molar-refractivity contribution is 5.81. The van der Waals surface area contributed by atoms with Gasteiger partial charge in [0, 0.05) is 13.1 Å². The predicted molar refractivity (Wildman–Crippen MR) is 79.8 cm³/mol. The number of imidazole rings is 1. The molecule has 0 aliphatic carbocycles. The number of nitrogens with zero attached hydrogens (tertiary/aromatic N) is 2. The van der Waals surface area contributed by atoms with E-state index in [4.69, 9.17) is 4.74 Å². The van der Waals surface area contributed by atoms with Gasteiger partial charge in [-0.05, 0) is 24.7 Å². The molecular weight excluding hydrogens is 287 g/mol. The summed E-state index contributed by atoms with van der Waals surface area (Å²) in [7, 11) is 0. The first kappa shape index (κ1) is 14.9. The maximum atomic E-state index is 13.1. The summed E-state index contributed by atoms with van der Waals surface area (Å²) in [5.41, 5.74) is 1.30. The maximum absolute atomic E-state index is 13.1. The number of halogens is 1. The number of benzene rings is 1. The molecule has 1 amide bonds. The first-order valence-electron chi connectivity index (χ1n) is 7.41. The highest BCUT2D eigenvalue weighted by Gasteiger charge is 2.25. The average Bonchev–Trinajstić information content (AvgIpc) is 2.94. The lowest BCUT2D eigenvalue weighted by molar-refractivity contribution is -0.138. The molecule has 2 heterocycles. The minimum absolute atomic E-state index is 0.148. The second-order valence-corrected chi connectivity index (χ2v) is 5.32. The molecule has 0 spiro atoms. The molecule has 3 rings (SSSR count). The minimum atomic E-state index is -0.449. The third kappa shape index (κ3) is 3.26. The lowest BCUT2D eigenvalue weighted by Gasteiger charge is -2.31. The van der Waals surface area contributed by atoms with Crippen LogP contribution in [0.4, 0.5) is 4.39 Å². The number of fused-ring (bicyclic) bond motifs is 1. The van der Waals surface area contributed by atoms with Gasteiger partial charge in [-0.1, -0.05) is 6.92 Å². The number of carbonyl (C=O) groups excluding carboxylic acids is 1. The van der Waals surface area contributed by atoms with Crippen LogP contribution in [-0.4, -0.2) is 53.1 Å². The first-order chi connectivity index (χ1) is 10.7. The molecule has 1 unspecified atom stereocenters. The van der Waals surface area contributed by atoms with Crippen LogP contribution >= 0.6 is 0 Å². The van der Waals surface area contributed by atoms with Crippen LogP contribution < -0.4 is 5.32 Å². The van der Waals surface area contributed by atoms with Crippen LogP contribution in [0.3, 0.4) is 0 Å². The zero-order chi connectivity index (χ0) is 15.5. The Hall–Kier alpha value is -1.99. The molecule has 1 aromatic carbocycles. The summed E-state index contributed by atoms with van der Waals surface area (Å²) in [6.07, 6.45) is -0.449. The number of amides is 1. The number of ether oxygens (including phenoxy) is 1. The average molecular weight is 306 g/mol. The van der Waals surface area contributed by atoms with Gasteiger partial charge in [-0.15, -0.1) is 0 Å². The molecule has 118 valence electrons. The first-order valence-corrected chi connectivity index (χ1v) is 7.41. The molecule has 1 aliphatic heterocycles. The number of rotatable bonds is 4. The van der Waals surface area contributed by atoms with E-state index >= 15 is 0 Å². The molecule has 6 nitrogen and oxygen atoms in total. The van der Waals surface area contributed by atoms with Gasteiger partial charge >= 0.3 is 0 Å². The summed E-state index contributed by atoms with van der Waals surface area (Å²) in [6, 6.07) is 4.35. The molecule has 1 atom stereocenters. The number of nitrogens with one attached hydrogen (secondary N) is 2. The monoisotopic (exact) mass is 306 g/mol. The third-order valence-corrected chi connectivity index (χ3v) is 3.81. The number of hydrogen-bond donors (Lipinski definition) is 2. The summed E-state index contributed by atoms with van der Waals surface area (Å²) in [5, 5.41) is 2.81. The number of aromatic amines is 1. The fourth-order valence-corrected chi connectivity index (χ4v) is 2.55. The number of likely N-dealkylation sites (N-methyl/N-ethyl adjacent to an activating group) is 1. The van der Waals surface area contributed by atoms with E-state index in [1.807, 2.05) is 0 Å². The van der Waals surface area contributed by atoms with Crippen LogP contribution in [0.5, 0.6) is 0 Å². The van der Waals surface area contributed by atoms with Gasteiger partial charge in [-0.2, -0.15) is 0 Å². The summed E-state index contributed by atoms with van der Waals surface area (Å²) >= 11 is 0. The second kappa shape index (κ2) is 6.41. The van der Waals surface area contributed by atoms with Crippen molar-refractivity contribution in [3.05, 3.63) is 29.8 Å². The molecule has 1 aromatic heterocycles. The van der Waals surface area contributed by atoms with Crippen LogP contribution in [0.2, 0.25) is 0 Å². The number of hydrogen-bond acceptors (Lipinski definition) is 4. The molecule has 0 saturated carbocycles. The van der Waals surface area contributed by atoms with Crippen molar-refractivity contribution in [2.75, 3.05) is 26.2 Å². The Labute approximate surface area is 127 Å². The standard InChI is InChI=1S/C15H19FN4O2/c1-2-20-5-6-22-13(9-20)15(21)17-8-14-18-11-4-3-10(16)7-12(11)19-14/h3-4,7,13H,2,5-6,8-9H2,1H3,(H,17,21)(H,18,19). The van der Waals surface area contributed by atoms with Crippen LogP contribution in [0.15, 0.2) is 18.2 Å². The Morgan fingerprint density at radius 1 is 1.59 bits per heavy atom. The molecule has 1 fully saturated rings. The van der Waals surface area contributed by atoms with Crippen molar-refractivity contribution in [3.63, 3.8) is 0 Å². The Balaban J connectivity index is 1.59. The van der Waals surface area contributed by atoms with Crippen molar-refractivity contribution >= 4 is 16.9 Å². The van der Waals surface area contributed by atoms with E-state index in [0.717, 1.165) is 13.1 Å². The van der Waals surface area contributed by atoms with Crippen LogP contribution in [-0.2, 0) is 16.1 Å². The van der Waals surface area contributed by atoms with Crippen LogP contribution in [0.25, 0.3) is 11.0 Å². The van der Waals surface area contributed by atoms with Crippen molar-refractivity contribution in [1.29, 1.82) is 0 Å². The summed E-state index contributed by atoms with van der Waals surface area (Å²) in [4.78, 5) is 21.6. The van der Waals surface area contributed by atoms with E-state index < -0.39 is 6.10 Å². The molecule has 0 radical (unpaired) electrons. The molecule has 1 aliphatic rings. The molecule has 2 aromatic rings. The minimum Gasteiger partial charge on any atom is -0.366 e. The fraction of sp³-hybridized carbons (Fsp3) is 0.467. The maximum Gasteiger partial charge on any atom is 0.250 e. The fourth-order valence-electron chi connectivity index (χ4n) is 2.55. The number of H-pyrrole nitrogens is 1. The zero-order valence-corrected chi connectivity index (χ0v) is 12.4. The van der Waals surface area contributed by atoms with E-state index in [2.05, 4.69) is 27.1 Å². The third-order valence-electron chi connectivity index (χ3n) is 3.81. The Bertz CT molecular complexity index is 673. The number of carbonyl (C=O) groups is 1. The topological polar surface area (TPSA) is 70.2 Å². The van der Waals surface area contributed by atoms with Gasteiger partial charge in [-0.25, -0.2) is 9.37 Å². The molecular formula is C15H19FN4O2. The predicted octanol–water partition coefficient (Wildman–Crippen LogP) is 1.04. The van der Waals surface area contributed by atoms with E-state index in [1.165, 1.54) is 12.1 Å². The highest BCUT2D eigenvalue weighted by atomic mass is 19.1. The summed E-state index contributed by atoms with van der Waals surface area (Å²) < 4.78 is 18.6. The molecule has 7 heteroatoms. The van der Waals surface area contributed by atoms with Gasteiger partial charge in [0.25, 0.3) is 5.91 Å². The van der Waals surface area contributed by atoms with Crippen molar-refractivity contribution < 1.29 is 13.9 Å². The van der Waals surface area contributed by atoms with Crippen LogP contribution in [0, 0.1) is 5.82 Å². The summed E-state index contributed by atoms with van der Waals surface area (Å²) in [6.45, 7) is 5.26. The Morgan fingerprint density at radius 2 is 2.45 bits per heavy atom. The molecule has 2 N–H and O–H groups in total. The molecule has 1 saturated heterocycles. The van der Waals surface area contributed by atoms with Crippen molar-refractivity contribution in [1.82, 2.24) is 20.2 Å². The van der Waals surface area contributed by atoms with Gasteiger partial charge in [0.15, 0.2) is 0 Å². The van der Waals surface area contributed by atoms with Crippen molar-refractivity contribution in [2.45, 2.75) is 19.6 Å². The Kier molecular flexibility index (Phi) is 4.35. The lowest BCUT2D eigenvalue weighted by atomic mass is 10.2. The van der Waals surface area contributed by atoms with Gasteiger partial charge < -0.3 is 15.0 Å². The normalized spacial score (nSPS) is 19.5. The van der Waals surface area contributed by atoms with Crippen molar-refractivity contribution in [3.8, 4) is 0 Å². The second-order valence-electron chi connectivity index (χ2n) is 5.32. The van der Waals surface area contributed by atoms with Gasteiger partial charge in [0.05, 0.1) is 24.2 Å². The van der Waals surface area contributed by atoms with E-state index in [0.29, 0.717) is 30.0 Å². The van der Waals surface area contributed by atoms with Gasteiger partial charge in [0.2, 0.25) is 0 Å². The van der Waals surface area contributed by atoms with E-state index in [9.17, 15) is 9.18 Å². The van der Waals surface area contributed by atoms with Crippen LogP contribution in [0.1, 0.15) is 12.7 Å². The highest BCUT2D eigenvalue weighted by Crippen LogP contribution is 2.13. The van der Waals surface area contributed by atoms with Gasteiger partial charge in [0.1, 0.15) is 17.7 Å². The lowest BCUT2D eigenvalue weighted by Crippen LogP contribution is -2.49. The van der Waals surface area contributed by atoms with Gasteiger partial charge in [-0.3, -0.25) is 9.69 Å². The Morgan fingerprint density at radius 3 is 3.27 bits per heavy atom.